The number of carbonyl (C=O) groups is 1. The normalized spacial score (nSPS) is 36.7. The molecule has 0 aliphatic heterocycles. The van der Waals surface area contributed by atoms with Crippen LogP contribution in [0.25, 0.3) is 0 Å². The third kappa shape index (κ3) is 2.03. The Bertz CT molecular complexity index is 543. The lowest BCUT2D eigenvalue weighted by molar-refractivity contribution is -0.0492. The molecule has 0 spiro atoms. The van der Waals surface area contributed by atoms with Crippen LogP contribution >= 0.6 is 0 Å². The van der Waals surface area contributed by atoms with E-state index in [1.54, 1.807) is 18.3 Å². The zero-order valence-electron chi connectivity index (χ0n) is 12.5. The summed E-state index contributed by atoms with van der Waals surface area (Å²) in [6.07, 6.45) is 8.33. The van der Waals surface area contributed by atoms with Crippen molar-refractivity contribution in [3.63, 3.8) is 0 Å². The smallest absolute Gasteiger partial charge is 0.274 e. The first kappa shape index (κ1) is 13.1. The molecule has 4 saturated carbocycles. The molecule has 4 heteroatoms. The summed E-state index contributed by atoms with van der Waals surface area (Å²) in [7, 11) is 1.95. The topological polar surface area (TPSA) is 59.2 Å². The van der Waals surface area contributed by atoms with Crippen molar-refractivity contribution in [2.75, 3.05) is 12.8 Å². The second-order valence-electron chi connectivity index (χ2n) is 7.28. The lowest BCUT2D eigenvalue weighted by Crippen LogP contribution is -2.56. The Kier molecular flexibility index (Phi) is 2.95. The molecule has 1 amide bonds. The highest BCUT2D eigenvalue weighted by Gasteiger charge is 2.50. The van der Waals surface area contributed by atoms with E-state index in [1.807, 2.05) is 11.9 Å². The third-order valence-electron chi connectivity index (χ3n) is 5.99. The van der Waals surface area contributed by atoms with Gasteiger partial charge in [-0.3, -0.25) is 4.79 Å². The summed E-state index contributed by atoms with van der Waals surface area (Å²) < 4.78 is 0. The van der Waals surface area contributed by atoms with E-state index in [2.05, 4.69) is 4.98 Å². The Hall–Kier alpha value is -1.58. The molecule has 1 heterocycles. The lowest BCUT2D eigenvalue weighted by atomic mass is 9.54. The Morgan fingerprint density at radius 3 is 2.38 bits per heavy atom. The average molecular weight is 285 g/mol. The first-order valence-electron chi connectivity index (χ1n) is 8.11. The monoisotopic (exact) mass is 285 g/mol. The van der Waals surface area contributed by atoms with Crippen LogP contribution in [0, 0.1) is 23.7 Å². The van der Waals surface area contributed by atoms with Gasteiger partial charge in [0.2, 0.25) is 0 Å². The number of aromatic nitrogens is 1. The Balaban J connectivity index is 1.59. The first-order chi connectivity index (χ1) is 10.1. The van der Waals surface area contributed by atoms with Crippen LogP contribution in [0.1, 0.15) is 42.6 Å². The predicted molar refractivity (Wildman–Crippen MR) is 81.6 cm³/mol. The minimum absolute atomic E-state index is 0.00873. The van der Waals surface area contributed by atoms with Gasteiger partial charge in [-0.2, -0.15) is 0 Å². The predicted octanol–water partition coefficient (Wildman–Crippen LogP) is 2.56. The fraction of sp³-hybridized carbons (Fsp3) is 0.647. The maximum Gasteiger partial charge on any atom is 0.274 e. The Morgan fingerprint density at radius 1 is 1.19 bits per heavy atom. The van der Waals surface area contributed by atoms with Crippen LogP contribution in [0.4, 0.5) is 5.69 Å². The van der Waals surface area contributed by atoms with Gasteiger partial charge in [0.1, 0.15) is 0 Å². The van der Waals surface area contributed by atoms with Gasteiger partial charge in [-0.1, -0.05) is 0 Å². The molecule has 1 aromatic heterocycles. The Morgan fingerprint density at radius 2 is 1.81 bits per heavy atom. The number of nitrogens with two attached hydrogens (primary N) is 1. The molecule has 2 N–H and O–H groups in total. The van der Waals surface area contributed by atoms with Crippen LogP contribution in [0.5, 0.6) is 0 Å². The van der Waals surface area contributed by atoms with Gasteiger partial charge in [0, 0.05) is 19.3 Å². The number of rotatable bonds is 2. The largest absolute Gasteiger partial charge is 0.397 e. The third-order valence-corrected chi connectivity index (χ3v) is 5.99. The van der Waals surface area contributed by atoms with Crippen molar-refractivity contribution in [2.45, 2.75) is 38.1 Å². The number of nitrogen functional groups attached to an aromatic ring is 1. The molecule has 0 unspecified atom stereocenters. The number of hydrogen-bond donors (Lipinski definition) is 1. The molecule has 0 atom stereocenters. The van der Waals surface area contributed by atoms with E-state index in [0.717, 1.165) is 11.8 Å². The van der Waals surface area contributed by atoms with Crippen molar-refractivity contribution in [2.24, 2.45) is 23.7 Å². The highest BCUT2D eigenvalue weighted by atomic mass is 16.2. The molecule has 4 nitrogen and oxygen atoms in total. The van der Waals surface area contributed by atoms with Gasteiger partial charge in [-0.15, -0.1) is 0 Å². The number of hydrogen-bond acceptors (Lipinski definition) is 3. The van der Waals surface area contributed by atoms with Gasteiger partial charge in [-0.25, -0.2) is 4.98 Å². The second kappa shape index (κ2) is 4.72. The quantitative estimate of drug-likeness (QED) is 0.908. The fourth-order valence-corrected chi connectivity index (χ4v) is 5.43. The zero-order valence-corrected chi connectivity index (χ0v) is 12.5. The summed E-state index contributed by atoms with van der Waals surface area (Å²) >= 11 is 0. The standard InChI is InChI=1S/C17H23N3O/c1-20(17(21)15-14(18)3-2-4-19-15)16-12-6-10-5-11(8-12)9-13(16)7-10/h2-4,10-13,16H,5-9,18H2,1H3. The number of nitrogens with zero attached hydrogens (tertiary/aromatic N) is 2. The maximum absolute atomic E-state index is 12.8. The molecule has 0 saturated heterocycles. The number of carbonyl (C=O) groups excluding carboxylic acids is 1. The summed E-state index contributed by atoms with van der Waals surface area (Å²) in [6, 6.07) is 3.92. The average Bonchev–Trinajstić information content (AvgIpc) is 2.45. The molecule has 4 aliphatic rings. The van der Waals surface area contributed by atoms with E-state index in [1.165, 1.54) is 32.1 Å². The summed E-state index contributed by atoms with van der Waals surface area (Å²) in [5.41, 5.74) is 6.82. The first-order valence-corrected chi connectivity index (χ1v) is 8.11. The summed E-state index contributed by atoms with van der Waals surface area (Å²) in [5, 5.41) is 0. The van der Waals surface area contributed by atoms with Crippen molar-refractivity contribution >= 4 is 11.6 Å². The van der Waals surface area contributed by atoms with Gasteiger partial charge < -0.3 is 10.6 Å². The summed E-state index contributed by atoms with van der Waals surface area (Å²) in [6.45, 7) is 0. The van der Waals surface area contributed by atoms with Crippen molar-refractivity contribution in [3.8, 4) is 0 Å². The minimum Gasteiger partial charge on any atom is -0.397 e. The Labute approximate surface area is 125 Å². The highest BCUT2D eigenvalue weighted by molar-refractivity contribution is 5.97. The van der Waals surface area contributed by atoms with Gasteiger partial charge in [0.25, 0.3) is 5.91 Å². The van der Waals surface area contributed by atoms with Crippen LogP contribution in [-0.4, -0.2) is 28.9 Å². The molecule has 1 aromatic rings. The summed E-state index contributed by atoms with van der Waals surface area (Å²) in [4.78, 5) is 18.9. The van der Waals surface area contributed by atoms with Crippen molar-refractivity contribution < 1.29 is 4.79 Å². The van der Waals surface area contributed by atoms with Crippen molar-refractivity contribution in [1.29, 1.82) is 0 Å². The van der Waals surface area contributed by atoms with Crippen LogP contribution < -0.4 is 5.73 Å². The maximum atomic E-state index is 12.8. The number of pyridine rings is 1. The van der Waals surface area contributed by atoms with Crippen molar-refractivity contribution in [1.82, 2.24) is 9.88 Å². The highest BCUT2D eigenvalue weighted by Crippen LogP contribution is 2.55. The number of anilines is 1. The van der Waals surface area contributed by atoms with Gasteiger partial charge in [0.15, 0.2) is 5.69 Å². The molecule has 0 aromatic carbocycles. The van der Waals surface area contributed by atoms with Crippen LogP contribution in [0.3, 0.4) is 0 Å². The van der Waals surface area contributed by atoms with Crippen molar-refractivity contribution in [3.05, 3.63) is 24.0 Å². The second-order valence-corrected chi connectivity index (χ2v) is 7.28. The van der Waals surface area contributed by atoms with Gasteiger partial charge in [-0.05, 0) is 67.9 Å². The minimum atomic E-state index is -0.00873. The van der Waals surface area contributed by atoms with E-state index >= 15 is 0 Å². The van der Waals surface area contributed by atoms with E-state index in [9.17, 15) is 4.79 Å². The van der Waals surface area contributed by atoms with E-state index < -0.39 is 0 Å². The summed E-state index contributed by atoms with van der Waals surface area (Å²) in [5.74, 6) is 3.23. The molecule has 4 aliphatic carbocycles. The zero-order chi connectivity index (χ0) is 14.6. The molecule has 21 heavy (non-hydrogen) atoms. The van der Waals surface area contributed by atoms with Gasteiger partial charge >= 0.3 is 0 Å². The molecule has 4 fully saturated rings. The molecule has 112 valence electrons. The molecular formula is C17H23N3O. The fourth-order valence-electron chi connectivity index (χ4n) is 5.43. The van der Waals surface area contributed by atoms with E-state index in [-0.39, 0.29) is 5.91 Å². The lowest BCUT2D eigenvalue weighted by Gasteiger charge is -2.56. The van der Waals surface area contributed by atoms with Crippen LogP contribution in [0.15, 0.2) is 18.3 Å². The molecular weight excluding hydrogens is 262 g/mol. The van der Waals surface area contributed by atoms with E-state index in [4.69, 9.17) is 5.73 Å². The molecule has 4 bridgehead atoms. The molecule has 0 radical (unpaired) electrons. The van der Waals surface area contributed by atoms with Crippen LogP contribution in [-0.2, 0) is 0 Å². The van der Waals surface area contributed by atoms with Gasteiger partial charge in [0.05, 0.1) is 5.69 Å². The SMILES string of the molecule is CN(C(=O)c1ncccc1N)C1C2CC3CC(C2)CC1C3. The molecule has 5 rings (SSSR count). The number of amides is 1. The van der Waals surface area contributed by atoms with Crippen LogP contribution in [0.2, 0.25) is 0 Å². The van der Waals surface area contributed by atoms with E-state index in [0.29, 0.717) is 29.3 Å².